The van der Waals surface area contributed by atoms with Gasteiger partial charge in [0.15, 0.2) is 0 Å². The summed E-state index contributed by atoms with van der Waals surface area (Å²) in [6.45, 7) is 0. The highest BCUT2D eigenvalue weighted by Gasteiger charge is 2.71. The van der Waals surface area contributed by atoms with E-state index in [1.807, 2.05) is 12.1 Å². The summed E-state index contributed by atoms with van der Waals surface area (Å²) in [6, 6.07) is 17.8. The van der Waals surface area contributed by atoms with Crippen LogP contribution in [0.4, 0.5) is 4.39 Å². The Balaban J connectivity index is 0.00000205. The smallest absolute Gasteiger partial charge is 0.353 e. The van der Waals surface area contributed by atoms with E-state index in [1.54, 1.807) is 48.5 Å². The molecule has 0 amide bonds. The summed E-state index contributed by atoms with van der Waals surface area (Å²) in [7, 11) is 4.44. The van der Waals surface area contributed by atoms with Crippen molar-refractivity contribution in [3.8, 4) is 0 Å². The predicted octanol–water partition coefficient (Wildman–Crippen LogP) is 0.204. The fraction of sp³-hybridized carbons (Fsp3) is 0.435. The van der Waals surface area contributed by atoms with Crippen LogP contribution in [-0.2, 0) is 19.9 Å². The quantitative estimate of drug-likeness (QED) is 0.371. The molecule has 6 heteroatoms. The maximum Gasteiger partial charge on any atom is 0.353 e. The predicted molar refractivity (Wildman–Crippen MR) is 102 cm³/mol. The number of nitrogens with zero attached hydrogens (tertiary/aromatic N) is 1. The minimum atomic E-state index is -2.32. The first kappa shape index (κ1) is 20.5. The highest BCUT2D eigenvalue weighted by molar-refractivity contribution is 5.85. The van der Waals surface area contributed by atoms with E-state index in [0.29, 0.717) is 23.2 Å². The van der Waals surface area contributed by atoms with Crippen molar-refractivity contribution in [3.05, 3.63) is 71.8 Å². The van der Waals surface area contributed by atoms with Crippen molar-refractivity contribution >= 4 is 5.97 Å². The molecule has 4 unspecified atom stereocenters. The molecule has 3 aliphatic heterocycles. The monoisotopic (exact) mass is 461 g/mol. The number of piperidine rings is 1. The number of fused-ring (bicyclic) bond motifs is 5. The number of morpholine rings is 1. The number of halogens is 2. The van der Waals surface area contributed by atoms with E-state index in [2.05, 4.69) is 14.1 Å². The molecule has 3 fully saturated rings. The summed E-state index contributed by atoms with van der Waals surface area (Å²) in [5, 5.41) is 0. The summed E-state index contributed by atoms with van der Waals surface area (Å²) in [5.41, 5.74) is -1.72. The number of epoxide rings is 1. The van der Waals surface area contributed by atoms with Gasteiger partial charge in [-0.15, -0.1) is 0 Å². The Morgan fingerprint density at radius 1 is 0.966 bits per heavy atom. The van der Waals surface area contributed by atoms with E-state index in [0.717, 1.165) is 17.3 Å². The summed E-state index contributed by atoms with van der Waals surface area (Å²) < 4.78 is 28.9. The third-order valence-electron chi connectivity index (χ3n) is 6.94. The van der Waals surface area contributed by atoms with Crippen LogP contribution < -0.4 is 17.0 Å². The van der Waals surface area contributed by atoms with Crippen LogP contribution in [0.3, 0.4) is 0 Å². The summed E-state index contributed by atoms with van der Waals surface area (Å²) in [6.07, 6.45) is 1.70. The summed E-state index contributed by atoms with van der Waals surface area (Å²) in [4.78, 5) is 13.2. The Bertz CT molecular complexity index is 832. The van der Waals surface area contributed by atoms with Crippen LogP contribution >= 0.6 is 0 Å². The number of alkyl halides is 1. The number of carbonyl (C=O) groups is 1. The average Bonchev–Trinajstić information content (AvgIpc) is 3.47. The second-order valence-corrected chi connectivity index (χ2v) is 8.72. The molecule has 29 heavy (non-hydrogen) atoms. The topological polar surface area (TPSA) is 38.8 Å². The molecule has 3 aliphatic rings. The maximum atomic E-state index is 16.3. The van der Waals surface area contributed by atoms with Crippen molar-refractivity contribution in [1.29, 1.82) is 0 Å². The van der Waals surface area contributed by atoms with Crippen molar-refractivity contribution in [3.63, 3.8) is 0 Å². The standard InChI is InChI=1S/C23H25FNO3.BrH/c1-25(2)18-13-17(14-19(25)21-20(18)28-21)27-22(26)23(24,15-9-5-3-6-10-15)16-11-7-4-8-12-16;/h3-12,17-21H,13-14H2,1-2H3;1H/q+1;/p-1/t17?,18?,19?,20-,21?;/m1./s1. The van der Waals surface area contributed by atoms with Gasteiger partial charge in [0.05, 0.1) is 14.1 Å². The average molecular weight is 462 g/mol. The van der Waals surface area contributed by atoms with Gasteiger partial charge >= 0.3 is 5.97 Å². The van der Waals surface area contributed by atoms with Crippen molar-refractivity contribution in [2.45, 2.75) is 48.9 Å². The molecule has 5 atom stereocenters. The van der Waals surface area contributed by atoms with Crippen LogP contribution in [0, 0.1) is 0 Å². The number of carbonyl (C=O) groups excluding carboxylic acids is 1. The Morgan fingerprint density at radius 3 is 1.86 bits per heavy atom. The van der Waals surface area contributed by atoms with E-state index >= 15 is 4.39 Å². The molecule has 0 spiro atoms. The Hall–Kier alpha value is -1.76. The molecule has 3 saturated heterocycles. The molecule has 0 aromatic heterocycles. The van der Waals surface area contributed by atoms with Crippen molar-refractivity contribution in [2.75, 3.05) is 14.1 Å². The van der Waals surface area contributed by atoms with Gasteiger partial charge in [-0.2, -0.15) is 0 Å². The lowest BCUT2D eigenvalue weighted by atomic mass is 9.88. The van der Waals surface area contributed by atoms with Gasteiger partial charge in [-0.3, -0.25) is 0 Å². The van der Waals surface area contributed by atoms with Crippen LogP contribution in [0.2, 0.25) is 0 Å². The number of hydrogen-bond acceptors (Lipinski definition) is 3. The highest BCUT2D eigenvalue weighted by Crippen LogP contribution is 2.52. The lowest BCUT2D eigenvalue weighted by molar-refractivity contribution is -0.938. The first-order valence-corrected chi connectivity index (χ1v) is 9.92. The van der Waals surface area contributed by atoms with E-state index in [1.165, 1.54) is 0 Å². The third-order valence-corrected chi connectivity index (χ3v) is 6.94. The van der Waals surface area contributed by atoms with Gasteiger partial charge in [0, 0.05) is 24.0 Å². The molecule has 154 valence electrons. The number of rotatable bonds is 4. The van der Waals surface area contributed by atoms with Crippen LogP contribution in [0.1, 0.15) is 24.0 Å². The van der Waals surface area contributed by atoms with Crippen LogP contribution in [0.25, 0.3) is 0 Å². The van der Waals surface area contributed by atoms with Gasteiger partial charge in [0.2, 0.25) is 0 Å². The number of esters is 1. The molecule has 0 aliphatic carbocycles. The Labute approximate surface area is 181 Å². The number of quaternary nitrogens is 1. The van der Waals surface area contributed by atoms with Crippen molar-refractivity contribution in [2.24, 2.45) is 0 Å². The fourth-order valence-corrected chi connectivity index (χ4v) is 5.27. The number of hydrogen-bond donors (Lipinski definition) is 0. The van der Waals surface area contributed by atoms with Crippen molar-refractivity contribution < 1.29 is 40.1 Å². The molecular weight excluding hydrogens is 437 g/mol. The van der Waals surface area contributed by atoms with Crippen molar-refractivity contribution in [1.82, 2.24) is 0 Å². The minimum Gasteiger partial charge on any atom is -1.00 e. The second-order valence-electron chi connectivity index (χ2n) is 8.72. The van der Waals surface area contributed by atoms with E-state index < -0.39 is 11.6 Å². The molecule has 0 saturated carbocycles. The highest BCUT2D eigenvalue weighted by atomic mass is 79.9. The zero-order valence-corrected chi connectivity index (χ0v) is 18.1. The maximum absolute atomic E-state index is 16.3. The Kier molecular flexibility index (Phi) is 5.08. The molecule has 4 nitrogen and oxygen atoms in total. The first-order valence-electron chi connectivity index (χ1n) is 9.92. The molecule has 0 N–H and O–H groups in total. The molecular formula is C23H25BrFNO3. The number of likely N-dealkylation sites (N-methyl/N-ethyl adjacent to an activating group) is 1. The van der Waals surface area contributed by atoms with Gasteiger partial charge in [-0.05, 0) is 0 Å². The van der Waals surface area contributed by atoms with Gasteiger partial charge in [0.25, 0.3) is 5.67 Å². The number of benzene rings is 2. The largest absolute Gasteiger partial charge is 1.00 e. The fourth-order valence-electron chi connectivity index (χ4n) is 5.27. The summed E-state index contributed by atoms with van der Waals surface area (Å²) >= 11 is 0. The minimum absolute atomic E-state index is 0. The molecule has 5 rings (SSSR count). The van der Waals surface area contributed by atoms with Crippen LogP contribution in [0.5, 0.6) is 0 Å². The second kappa shape index (κ2) is 7.18. The van der Waals surface area contributed by atoms with E-state index in [9.17, 15) is 4.79 Å². The molecule has 2 bridgehead atoms. The molecule has 0 radical (unpaired) electrons. The first-order chi connectivity index (χ1) is 13.4. The van der Waals surface area contributed by atoms with E-state index in [4.69, 9.17) is 9.47 Å². The molecule has 2 aromatic rings. The molecule has 3 heterocycles. The Morgan fingerprint density at radius 2 is 1.41 bits per heavy atom. The normalized spacial score (nSPS) is 31.3. The zero-order chi connectivity index (χ0) is 19.5. The van der Waals surface area contributed by atoms with Gasteiger partial charge in [0.1, 0.15) is 30.4 Å². The zero-order valence-electron chi connectivity index (χ0n) is 16.5. The molecule has 2 aromatic carbocycles. The van der Waals surface area contributed by atoms with Gasteiger partial charge < -0.3 is 30.9 Å². The summed E-state index contributed by atoms with van der Waals surface area (Å²) in [5.74, 6) is -0.823. The SMILES string of the molecule is C[N+]1(C)C2CC(OC(=O)C(F)(c3ccccc3)c3ccccc3)CC1[C@H]1OC21.[Br-]. The van der Waals surface area contributed by atoms with Crippen LogP contribution in [0.15, 0.2) is 60.7 Å². The van der Waals surface area contributed by atoms with E-state index in [-0.39, 0.29) is 35.3 Å². The lowest BCUT2D eigenvalue weighted by Crippen LogP contribution is -3.00. The van der Waals surface area contributed by atoms with Crippen LogP contribution in [-0.4, -0.2) is 54.9 Å². The third kappa shape index (κ3) is 3.13. The number of ether oxygens (including phenoxy) is 2. The lowest BCUT2D eigenvalue weighted by Gasteiger charge is -2.45. The van der Waals surface area contributed by atoms with Gasteiger partial charge in [-0.25, -0.2) is 9.18 Å². The van der Waals surface area contributed by atoms with Gasteiger partial charge in [-0.1, -0.05) is 60.7 Å².